The van der Waals surface area contributed by atoms with E-state index in [0.29, 0.717) is 6.42 Å². The molecular formula is C10H16O5. The molecule has 0 fully saturated rings. The maximum atomic E-state index is 10.5. The van der Waals surface area contributed by atoms with Crippen LogP contribution in [-0.2, 0) is 0 Å². The minimum atomic E-state index is -1.10. The second-order valence-corrected chi connectivity index (χ2v) is 2.96. The summed E-state index contributed by atoms with van der Waals surface area (Å²) in [5, 5.41) is 25.0. The Balaban J connectivity index is 0.000000288. The number of rotatable bonds is 2. The predicted molar refractivity (Wildman–Crippen MR) is 54.5 cm³/mol. The van der Waals surface area contributed by atoms with Gasteiger partial charge in [0.2, 0.25) is 11.2 Å². The zero-order chi connectivity index (χ0) is 11.8. The molecule has 0 aliphatic rings. The molecule has 1 aromatic rings. The van der Waals surface area contributed by atoms with Crippen molar-refractivity contribution < 1.29 is 19.7 Å². The maximum absolute atomic E-state index is 10.5. The van der Waals surface area contributed by atoms with E-state index in [1.54, 1.807) is 0 Å². The largest absolute Gasteiger partial charge is 0.502 e. The predicted octanol–water partition coefficient (Wildman–Crippen LogP) is 0.751. The third-order valence-electron chi connectivity index (χ3n) is 1.58. The van der Waals surface area contributed by atoms with E-state index in [-0.39, 0.29) is 11.5 Å². The van der Waals surface area contributed by atoms with Crippen molar-refractivity contribution >= 4 is 0 Å². The van der Waals surface area contributed by atoms with Crippen LogP contribution in [0.5, 0.6) is 5.75 Å². The Kier molecular flexibility index (Phi) is 6.40. The van der Waals surface area contributed by atoms with E-state index in [1.807, 2.05) is 6.92 Å². The number of aryl methyl sites for hydroxylation is 1. The quantitative estimate of drug-likeness (QED) is 0.634. The van der Waals surface area contributed by atoms with Gasteiger partial charge < -0.3 is 19.7 Å². The smallest absolute Gasteiger partial charge is 0.226 e. The summed E-state index contributed by atoms with van der Waals surface area (Å²) in [5.41, 5.74) is -0.404. The van der Waals surface area contributed by atoms with Crippen LogP contribution in [0.25, 0.3) is 0 Å². The molecule has 15 heavy (non-hydrogen) atoms. The molecule has 1 heterocycles. The SMILES string of the molecule is CCCC(O)O.Cc1occc(=O)c1O. The number of hydrogen-bond donors (Lipinski definition) is 3. The Labute approximate surface area is 87.6 Å². The van der Waals surface area contributed by atoms with E-state index in [9.17, 15) is 4.79 Å². The molecule has 1 aromatic heterocycles. The Morgan fingerprint density at radius 2 is 2.07 bits per heavy atom. The van der Waals surface area contributed by atoms with Crippen LogP contribution in [0.3, 0.4) is 0 Å². The van der Waals surface area contributed by atoms with E-state index < -0.39 is 11.7 Å². The Hall–Kier alpha value is -1.33. The number of hydrogen-bond acceptors (Lipinski definition) is 5. The molecular weight excluding hydrogens is 200 g/mol. The van der Waals surface area contributed by atoms with Crippen LogP contribution in [0.2, 0.25) is 0 Å². The van der Waals surface area contributed by atoms with Crippen LogP contribution < -0.4 is 5.43 Å². The standard InChI is InChI=1S/C6H6O3.C4H10O2/c1-4-6(8)5(7)2-3-9-4;1-2-3-4(5)6/h2-3,8H,1H3;4-6H,2-3H2,1H3. The molecule has 0 aliphatic heterocycles. The average molecular weight is 216 g/mol. The Morgan fingerprint density at radius 3 is 2.33 bits per heavy atom. The van der Waals surface area contributed by atoms with Gasteiger partial charge in [-0.3, -0.25) is 4.79 Å². The molecule has 0 atom stereocenters. The van der Waals surface area contributed by atoms with Gasteiger partial charge in [0.1, 0.15) is 5.76 Å². The van der Waals surface area contributed by atoms with Crippen LogP contribution in [0.15, 0.2) is 21.5 Å². The van der Waals surface area contributed by atoms with Crippen LogP contribution in [-0.4, -0.2) is 21.6 Å². The van der Waals surface area contributed by atoms with Crippen molar-refractivity contribution in [3.8, 4) is 5.75 Å². The van der Waals surface area contributed by atoms with E-state index >= 15 is 0 Å². The van der Waals surface area contributed by atoms with Gasteiger partial charge in [0.15, 0.2) is 6.29 Å². The molecule has 5 nitrogen and oxygen atoms in total. The van der Waals surface area contributed by atoms with Gasteiger partial charge in [-0.2, -0.15) is 0 Å². The zero-order valence-corrected chi connectivity index (χ0v) is 8.80. The molecule has 0 unspecified atom stereocenters. The second-order valence-electron chi connectivity index (χ2n) is 2.96. The molecule has 0 saturated carbocycles. The first-order valence-electron chi connectivity index (χ1n) is 4.62. The van der Waals surface area contributed by atoms with Crippen LogP contribution in [0.1, 0.15) is 25.5 Å². The molecule has 0 radical (unpaired) electrons. The number of aromatic hydroxyl groups is 1. The van der Waals surface area contributed by atoms with Gasteiger partial charge in [-0.15, -0.1) is 0 Å². The van der Waals surface area contributed by atoms with Gasteiger partial charge in [0.05, 0.1) is 6.26 Å². The molecule has 0 amide bonds. The van der Waals surface area contributed by atoms with E-state index in [2.05, 4.69) is 4.42 Å². The zero-order valence-electron chi connectivity index (χ0n) is 8.80. The molecule has 0 bridgehead atoms. The van der Waals surface area contributed by atoms with Crippen molar-refractivity contribution in [2.24, 2.45) is 0 Å². The molecule has 0 aliphatic carbocycles. The lowest BCUT2D eigenvalue weighted by molar-refractivity contribution is -0.0453. The van der Waals surface area contributed by atoms with Gasteiger partial charge in [-0.05, 0) is 13.3 Å². The highest BCUT2D eigenvalue weighted by Crippen LogP contribution is 2.06. The Morgan fingerprint density at radius 1 is 1.47 bits per heavy atom. The molecule has 0 spiro atoms. The summed E-state index contributed by atoms with van der Waals surface area (Å²) in [5.74, 6) is -0.0556. The lowest BCUT2D eigenvalue weighted by atomic mass is 10.3. The fourth-order valence-electron chi connectivity index (χ4n) is 0.764. The highest BCUT2D eigenvalue weighted by atomic mass is 16.5. The third kappa shape index (κ3) is 5.87. The number of aliphatic hydroxyl groups excluding tert-OH is 1. The van der Waals surface area contributed by atoms with E-state index in [0.717, 1.165) is 6.42 Å². The van der Waals surface area contributed by atoms with E-state index in [4.69, 9.17) is 15.3 Å². The highest BCUT2D eigenvalue weighted by molar-refractivity contribution is 5.20. The van der Waals surface area contributed by atoms with Crippen molar-refractivity contribution in [2.75, 3.05) is 0 Å². The van der Waals surface area contributed by atoms with Crippen LogP contribution >= 0.6 is 0 Å². The summed E-state index contributed by atoms with van der Waals surface area (Å²) in [7, 11) is 0. The maximum Gasteiger partial charge on any atom is 0.226 e. The minimum absolute atomic E-state index is 0.252. The van der Waals surface area contributed by atoms with Crippen LogP contribution in [0.4, 0.5) is 0 Å². The van der Waals surface area contributed by atoms with Crippen LogP contribution in [0, 0.1) is 6.92 Å². The first kappa shape index (κ1) is 13.7. The summed E-state index contributed by atoms with van der Waals surface area (Å²) < 4.78 is 4.69. The normalized spacial score (nSPS) is 9.67. The summed E-state index contributed by atoms with van der Waals surface area (Å²) >= 11 is 0. The Bertz CT molecular complexity index is 329. The van der Waals surface area contributed by atoms with Crippen molar-refractivity contribution in [1.82, 2.24) is 0 Å². The molecule has 0 aromatic carbocycles. The van der Waals surface area contributed by atoms with Gasteiger partial charge in [-0.25, -0.2) is 0 Å². The third-order valence-corrected chi connectivity index (χ3v) is 1.58. The number of aliphatic hydroxyl groups is 2. The summed E-state index contributed by atoms with van der Waals surface area (Å²) in [4.78, 5) is 10.5. The van der Waals surface area contributed by atoms with Crippen molar-refractivity contribution in [2.45, 2.75) is 33.0 Å². The van der Waals surface area contributed by atoms with Gasteiger partial charge in [0, 0.05) is 6.07 Å². The minimum Gasteiger partial charge on any atom is -0.502 e. The average Bonchev–Trinajstić information content (AvgIpc) is 2.15. The van der Waals surface area contributed by atoms with Crippen molar-refractivity contribution in [3.63, 3.8) is 0 Å². The monoisotopic (exact) mass is 216 g/mol. The molecule has 3 N–H and O–H groups in total. The van der Waals surface area contributed by atoms with Crippen molar-refractivity contribution in [1.29, 1.82) is 0 Å². The first-order chi connectivity index (χ1) is 6.99. The lowest BCUT2D eigenvalue weighted by Gasteiger charge is -1.94. The summed E-state index contributed by atoms with van der Waals surface area (Å²) in [6, 6.07) is 1.17. The van der Waals surface area contributed by atoms with E-state index in [1.165, 1.54) is 19.3 Å². The highest BCUT2D eigenvalue weighted by Gasteiger charge is 1.98. The fourth-order valence-corrected chi connectivity index (χ4v) is 0.764. The van der Waals surface area contributed by atoms with Gasteiger partial charge in [0.25, 0.3) is 0 Å². The topological polar surface area (TPSA) is 90.9 Å². The molecule has 5 heteroatoms. The second kappa shape index (κ2) is 7.03. The first-order valence-corrected chi connectivity index (χ1v) is 4.62. The fraction of sp³-hybridized carbons (Fsp3) is 0.500. The summed E-state index contributed by atoms with van der Waals surface area (Å²) in [6.07, 6.45) is 1.46. The molecule has 86 valence electrons. The van der Waals surface area contributed by atoms with Gasteiger partial charge in [-0.1, -0.05) is 13.3 Å². The lowest BCUT2D eigenvalue weighted by Crippen LogP contribution is -2.01. The summed E-state index contributed by atoms with van der Waals surface area (Å²) in [6.45, 7) is 3.43. The van der Waals surface area contributed by atoms with Gasteiger partial charge >= 0.3 is 0 Å². The molecule has 1 rings (SSSR count). The van der Waals surface area contributed by atoms with Crippen molar-refractivity contribution in [3.05, 3.63) is 28.3 Å². The molecule has 0 saturated heterocycles.